The quantitative estimate of drug-likeness (QED) is 0.754. The fraction of sp³-hybridized carbons (Fsp3) is 0.353. The third kappa shape index (κ3) is 3.26. The van der Waals surface area contributed by atoms with Crippen molar-refractivity contribution >= 4 is 34.0 Å². The zero-order valence-electron chi connectivity index (χ0n) is 14.3. The van der Waals surface area contributed by atoms with Gasteiger partial charge < -0.3 is 10.6 Å². The van der Waals surface area contributed by atoms with Crippen molar-refractivity contribution in [3.8, 4) is 0 Å². The Morgan fingerprint density at radius 2 is 2.17 bits per heavy atom. The van der Waals surface area contributed by atoms with Crippen molar-refractivity contribution in [3.63, 3.8) is 0 Å². The van der Waals surface area contributed by atoms with Crippen molar-refractivity contribution in [1.82, 2.24) is 20.1 Å². The SMILES string of the molecule is CCC(NC(=O)Nc1ccc2cnn(C)c2c1)c1nc(C)c(C)s1. The van der Waals surface area contributed by atoms with E-state index < -0.39 is 0 Å². The van der Waals surface area contributed by atoms with Crippen LogP contribution in [-0.2, 0) is 7.05 Å². The maximum absolute atomic E-state index is 12.3. The van der Waals surface area contributed by atoms with E-state index in [0.717, 1.165) is 33.7 Å². The Labute approximate surface area is 144 Å². The third-order valence-electron chi connectivity index (χ3n) is 4.06. The molecule has 0 saturated heterocycles. The van der Waals surface area contributed by atoms with E-state index in [0.29, 0.717) is 0 Å². The molecule has 3 aromatic rings. The molecule has 0 bridgehead atoms. The van der Waals surface area contributed by atoms with Gasteiger partial charge >= 0.3 is 6.03 Å². The van der Waals surface area contributed by atoms with Crippen molar-refractivity contribution in [1.29, 1.82) is 0 Å². The number of carbonyl (C=O) groups is 1. The molecule has 7 heteroatoms. The van der Waals surface area contributed by atoms with Crippen LogP contribution in [0, 0.1) is 13.8 Å². The Hall–Kier alpha value is -2.41. The molecule has 1 atom stereocenters. The first-order chi connectivity index (χ1) is 11.5. The highest BCUT2D eigenvalue weighted by molar-refractivity contribution is 7.11. The number of benzene rings is 1. The summed E-state index contributed by atoms with van der Waals surface area (Å²) in [6.45, 7) is 6.08. The first-order valence-electron chi connectivity index (χ1n) is 7.91. The highest BCUT2D eigenvalue weighted by atomic mass is 32.1. The Bertz CT molecular complexity index is 863. The average molecular weight is 343 g/mol. The molecule has 0 fully saturated rings. The van der Waals surface area contributed by atoms with E-state index in [4.69, 9.17) is 0 Å². The zero-order chi connectivity index (χ0) is 17.3. The summed E-state index contributed by atoms with van der Waals surface area (Å²) in [5.41, 5.74) is 2.74. The van der Waals surface area contributed by atoms with Gasteiger partial charge in [-0.2, -0.15) is 5.10 Å². The molecule has 126 valence electrons. The second kappa shape index (κ2) is 6.60. The molecule has 0 aliphatic carbocycles. The number of aromatic nitrogens is 3. The summed E-state index contributed by atoms with van der Waals surface area (Å²) < 4.78 is 1.79. The Morgan fingerprint density at radius 3 is 2.83 bits per heavy atom. The summed E-state index contributed by atoms with van der Waals surface area (Å²) in [5, 5.41) is 12.1. The number of hydrogen-bond donors (Lipinski definition) is 2. The smallest absolute Gasteiger partial charge is 0.319 e. The first-order valence-corrected chi connectivity index (χ1v) is 8.72. The average Bonchev–Trinajstić information content (AvgIpc) is 3.08. The van der Waals surface area contributed by atoms with Gasteiger partial charge in [0.05, 0.1) is 23.4 Å². The molecule has 24 heavy (non-hydrogen) atoms. The minimum absolute atomic E-state index is 0.0807. The number of fused-ring (bicyclic) bond motifs is 1. The molecular formula is C17H21N5OS. The van der Waals surface area contributed by atoms with E-state index in [1.165, 1.54) is 4.88 Å². The summed E-state index contributed by atoms with van der Waals surface area (Å²) in [4.78, 5) is 18.1. The predicted octanol–water partition coefficient (Wildman–Crippen LogP) is 3.92. The maximum Gasteiger partial charge on any atom is 0.319 e. The molecule has 0 radical (unpaired) electrons. The van der Waals surface area contributed by atoms with Gasteiger partial charge in [0, 0.05) is 23.0 Å². The molecule has 0 aliphatic heterocycles. The van der Waals surface area contributed by atoms with Crippen LogP contribution in [0.3, 0.4) is 0 Å². The van der Waals surface area contributed by atoms with Gasteiger partial charge in [0.2, 0.25) is 0 Å². The topological polar surface area (TPSA) is 71.8 Å². The zero-order valence-corrected chi connectivity index (χ0v) is 15.1. The van der Waals surface area contributed by atoms with Crippen molar-refractivity contribution in [3.05, 3.63) is 40.0 Å². The van der Waals surface area contributed by atoms with E-state index in [2.05, 4.69) is 20.7 Å². The van der Waals surface area contributed by atoms with Crippen molar-refractivity contribution in [2.45, 2.75) is 33.2 Å². The van der Waals surface area contributed by atoms with Gasteiger partial charge in [-0.25, -0.2) is 9.78 Å². The van der Waals surface area contributed by atoms with Gasteiger partial charge in [-0.3, -0.25) is 4.68 Å². The molecule has 0 spiro atoms. The van der Waals surface area contributed by atoms with E-state index in [1.807, 2.05) is 46.0 Å². The predicted molar refractivity (Wildman–Crippen MR) is 97.5 cm³/mol. The van der Waals surface area contributed by atoms with Crippen molar-refractivity contribution < 1.29 is 4.79 Å². The molecule has 2 aromatic heterocycles. The normalized spacial score (nSPS) is 12.3. The highest BCUT2D eigenvalue weighted by Crippen LogP contribution is 2.25. The summed E-state index contributed by atoms with van der Waals surface area (Å²) >= 11 is 1.64. The van der Waals surface area contributed by atoms with Gasteiger partial charge in [0.1, 0.15) is 5.01 Å². The largest absolute Gasteiger partial charge is 0.329 e. The number of urea groups is 1. The third-order valence-corrected chi connectivity index (χ3v) is 5.25. The van der Waals surface area contributed by atoms with Crippen LogP contribution in [0.4, 0.5) is 10.5 Å². The number of nitrogens with zero attached hydrogens (tertiary/aromatic N) is 3. The molecule has 2 N–H and O–H groups in total. The minimum Gasteiger partial charge on any atom is -0.329 e. The monoisotopic (exact) mass is 343 g/mol. The van der Waals surface area contributed by atoms with Gasteiger partial charge in [0.25, 0.3) is 0 Å². The number of carbonyl (C=O) groups excluding carboxylic acids is 1. The van der Waals surface area contributed by atoms with Crippen LogP contribution >= 0.6 is 11.3 Å². The van der Waals surface area contributed by atoms with Crippen LogP contribution in [0.1, 0.15) is 35.0 Å². The van der Waals surface area contributed by atoms with Crippen molar-refractivity contribution in [2.24, 2.45) is 7.05 Å². The number of anilines is 1. The summed E-state index contributed by atoms with van der Waals surface area (Å²) in [6.07, 6.45) is 2.60. The lowest BCUT2D eigenvalue weighted by atomic mass is 10.2. The molecule has 0 saturated carbocycles. The second-order valence-electron chi connectivity index (χ2n) is 5.79. The molecule has 3 rings (SSSR count). The Morgan fingerprint density at radius 1 is 1.38 bits per heavy atom. The van der Waals surface area contributed by atoms with E-state index in [9.17, 15) is 4.79 Å². The fourth-order valence-electron chi connectivity index (χ4n) is 2.53. The summed E-state index contributed by atoms with van der Waals surface area (Å²) in [6, 6.07) is 5.43. The van der Waals surface area contributed by atoms with Crippen molar-refractivity contribution in [2.75, 3.05) is 5.32 Å². The molecular weight excluding hydrogens is 322 g/mol. The maximum atomic E-state index is 12.3. The molecule has 2 amide bonds. The van der Waals surface area contributed by atoms with Gasteiger partial charge in [-0.15, -0.1) is 11.3 Å². The summed E-state index contributed by atoms with van der Waals surface area (Å²) in [7, 11) is 1.88. The lowest BCUT2D eigenvalue weighted by Gasteiger charge is -2.15. The lowest BCUT2D eigenvalue weighted by molar-refractivity contribution is 0.248. The minimum atomic E-state index is -0.228. The van der Waals surface area contributed by atoms with Crippen LogP contribution in [-0.4, -0.2) is 20.8 Å². The number of amides is 2. The van der Waals surface area contributed by atoms with E-state index in [1.54, 1.807) is 22.2 Å². The van der Waals surface area contributed by atoms with E-state index >= 15 is 0 Å². The second-order valence-corrected chi connectivity index (χ2v) is 7.03. The molecule has 2 heterocycles. The van der Waals surface area contributed by atoms with Crippen LogP contribution < -0.4 is 10.6 Å². The molecule has 6 nitrogen and oxygen atoms in total. The van der Waals surface area contributed by atoms with Crippen LogP contribution in [0.15, 0.2) is 24.4 Å². The van der Waals surface area contributed by atoms with Crippen LogP contribution in [0.5, 0.6) is 0 Å². The molecule has 0 aliphatic rings. The Balaban J connectivity index is 1.72. The lowest BCUT2D eigenvalue weighted by Crippen LogP contribution is -2.32. The highest BCUT2D eigenvalue weighted by Gasteiger charge is 2.17. The summed E-state index contributed by atoms with van der Waals surface area (Å²) in [5.74, 6) is 0. The molecule has 1 aromatic carbocycles. The number of rotatable bonds is 4. The molecule has 1 unspecified atom stereocenters. The van der Waals surface area contributed by atoms with Crippen LogP contribution in [0.25, 0.3) is 10.9 Å². The Kier molecular flexibility index (Phi) is 4.53. The first kappa shape index (κ1) is 16.4. The van der Waals surface area contributed by atoms with Gasteiger partial charge in [-0.1, -0.05) is 6.92 Å². The van der Waals surface area contributed by atoms with Crippen LogP contribution in [0.2, 0.25) is 0 Å². The number of aryl methyl sites for hydroxylation is 3. The number of hydrogen-bond acceptors (Lipinski definition) is 4. The van der Waals surface area contributed by atoms with Gasteiger partial charge in [-0.05, 0) is 38.5 Å². The number of nitrogens with one attached hydrogen (secondary N) is 2. The standard InChI is InChI=1S/C17H21N5OS/c1-5-14(16-19-10(2)11(3)24-16)21-17(23)20-13-7-6-12-9-18-22(4)15(12)8-13/h6-9,14H,5H2,1-4H3,(H2,20,21,23). The van der Waals surface area contributed by atoms with Gasteiger partial charge in [0.15, 0.2) is 0 Å². The fourth-order valence-corrected chi connectivity index (χ4v) is 3.59. The number of thiazole rings is 1. The van der Waals surface area contributed by atoms with E-state index in [-0.39, 0.29) is 12.1 Å².